The molecular formula is C19H19F3N2O3. The Kier molecular flexibility index (Phi) is 6.44. The minimum Gasteiger partial charge on any atom is -0.497 e. The highest BCUT2D eigenvalue weighted by molar-refractivity contribution is 5.95. The van der Waals surface area contributed by atoms with E-state index in [0.717, 1.165) is 11.0 Å². The summed E-state index contributed by atoms with van der Waals surface area (Å²) in [6, 6.07) is 11.6. The number of likely N-dealkylation sites (N-methyl/N-ethyl adjacent to an activating group) is 1. The van der Waals surface area contributed by atoms with Crippen molar-refractivity contribution in [3.8, 4) is 5.75 Å². The van der Waals surface area contributed by atoms with Crippen LogP contribution in [0.15, 0.2) is 48.5 Å². The van der Waals surface area contributed by atoms with E-state index in [1.807, 2.05) is 0 Å². The lowest BCUT2D eigenvalue weighted by atomic mass is 10.1. The molecule has 1 N–H and O–H groups in total. The van der Waals surface area contributed by atoms with Gasteiger partial charge < -0.3 is 15.0 Å². The molecule has 2 aromatic rings. The molecule has 0 saturated carbocycles. The highest BCUT2D eigenvalue weighted by atomic mass is 19.4. The van der Waals surface area contributed by atoms with Gasteiger partial charge in [0.1, 0.15) is 5.75 Å². The zero-order valence-electron chi connectivity index (χ0n) is 14.8. The molecule has 144 valence electrons. The Bertz CT molecular complexity index is 822. The summed E-state index contributed by atoms with van der Waals surface area (Å²) >= 11 is 0. The summed E-state index contributed by atoms with van der Waals surface area (Å²) in [6.45, 7) is -0.366. The van der Waals surface area contributed by atoms with Gasteiger partial charge in [-0.25, -0.2) is 0 Å². The van der Waals surface area contributed by atoms with E-state index in [1.54, 1.807) is 24.3 Å². The van der Waals surface area contributed by atoms with E-state index in [1.165, 1.54) is 32.4 Å². The van der Waals surface area contributed by atoms with Crippen LogP contribution in [0.5, 0.6) is 5.75 Å². The molecule has 0 aliphatic carbocycles. The van der Waals surface area contributed by atoms with Crippen LogP contribution in [0.25, 0.3) is 0 Å². The number of ether oxygens (including phenoxy) is 1. The van der Waals surface area contributed by atoms with Gasteiger partial charge in [0.25, 0.3) is 0 Å². The van der Waals surface area contributed by atoms with Gasteiger partial charge in [0.15, 0.2) is 0 Å². The number of amides is 2. The Morgan fingerprint density at radius 1 is 1.11 bits per heavy atom. The normalized spacial score (nSPS) is 11.0. The number of carbonyl (C=O) groups excluding carboxylic acids is 2. The molecule has 0 spiro atoms. The second kappa shape index (κ2) is 8.57. The molecule has 0 aliphatic rings. The van der Waals surface area contributed by atoms with E-state index < -0.39 is 17.6 Å². The first-order valence-electron chi connectivity index (χ1n) is 8.03. The van der Waals surface area contributed by atoms with Crippen molar-refractivity contribution in [2.45, 2.75) is 12.6 Å². The van der Waals surface area contributed by atoms with Gasteiger partial charge in [-0.1, -0.05) is 24.3 Å². The van der Waals surface area contributed by atoms with Crippen LogP contribution in [0.4, 0.5) is 18.9 Å². The lowest BCUT2D eigenvalue weighted by Gasteiger charge is -2.18. The number of hydrogen-bond donors (Lipinski definition) is 1. The molecule has 0 saturated heterocycles. The summed E-state index contributed by atoms with van der Waals surface area (Å²) in [5.41, 5.74) is -0.582. The van der Waals surface area contributed by atoms with Crippen molar-refractivity contribution < 1.29 is 27.5 Å². The lowest BCUT2D eigenvalue weighted by molar-refractivity contribution is -0.137. The predicted molar refractivity (Wildman–Crippen MR) is 94.4 cm³/mol. The minimum atomic E-state index is -4.59. The third-order valence-corrected chi connectivity index (χ3v) is 3.80. The summed E-state index contributed by atoms with van der Waals surface area (Å²) in [4.78, 5) is 25.5. The summed E-state index contributed by atoms with van der Waals surface area (Å²) in [6.07, 6.45) is -4.54. The molecule has 0 radical (unpaired) electrons. The van der Waals surface area contributed by atoms with Crippen molar-refractivity contribution >= 4 is 17.5 Å². The molecule has 8 heteroatoms. The fourth-order valence-electron chi connectivity index (χ4n) is 2.42. The Labute approximate surface area is 154 Å². The van der Waals surface area contributed by atoms with Gasteiger partial charge >= 0.3 is 6.18 Å². The summed E-state index contributed by atoms with van der Waals surface area (Å²) in [7, 11) is 2.92. The first kappa shape index (κ1) is 20.3. The van der Waals surface area contributed by atoms with Gasteiger partial charge in [0.05, 0.1) is 31.3 Å². The highest BCUT2D eigenvalue weighted by Crippen LogP contribution is 2.34. The number of rotatable bonds is 6. The summed E-state index contributed by atoms with van der Waals surface area (Å²) < 4.78 is 44.0. The molecule has 0 heterocycles. The third-order valence-electron chi connectivity index (χ3n) is 3.80. The van der Waals surface area contributed by atoms with Gasteiger partial charge in [0.2, 0.25) is 11.8 Å². The average Bonchev–Trinajstić information content (AvgIpc) is 2.61. The first-order chi connectivity index (χ1) is 12.7. The smallest absolute Gasteiger partial charge is 0.418 e. The molecule has 2 amide bonds. The Balaban J connectivity index is 1.98. The second-order valence-corrected chi connectivity index (χ2v) is 5.87. The number of halogens is 3. The molecule has 27 heavy (non-hydrogen) atoms. The van der Waals surface area contributed by atoms with E-state index in [0.29, 0.717) is 11.3 Å². The number of nitrogens with one attached hydrogen (secondary N) is 1. The van der Waals surface area contributed by atoms with Crippen LogP contribution in [-0.2, 0) is 22.2 Å². The molecule has 0 aliphatic heterocycles. The largest absolute Gasteiger partial charge is 0.497 e. The Hall–Kier alpha value is -3.03. The zero-order chi connectivity index (χ0) is 20.0. The molecule has 0 unspecified atom stereocenters. The summed E-state index contributed by atoms with van der Waals surface area (Å²) in [5, 5.41) is 2.21. The molecule has 2 rings (SSSR count). The van der Waals surface area contributed by atoms with Crippen molar-refractivity contribution in [1.29, 1.82) is 0 Å². The number of carbonyl (C=O) groups is 2. The van der Waals surface area contributed by atoms with E-state index >= 15 is 0 Å². The maximum atomic E-state index is 13.0. The quantitative estimate of drug-likeness (QED) is 0.836. The van der Waals surface area contributed by atoms with E-state index in [-0.39, 0.29) is 24.6 Å². The number of alkyl halides is 3. The molecule has 2 aromatic carbocycles. The van der Waals surface area contributed by atoms with Crippen LogP contribution in [0.2, 0.25) is 0 Å². The number of benzene rings is 2. The number of para-hydroxylation sites is 1. The van der Waals surface area contributed by atoms with Gasteiger partial charge in [-0.2, -0.15) is 13.2 Å². The second-order valence-electron chi connectivity index (χ2n) is 5.87. The lowest BCUT2D eigenvalue weighted by Crippen LogP contribution is -2.36. The van der Waals surface area contributed by atoms with Crippen LogP contribution in [-0.4, -0.2) is 37.4 Å². The molecule has 0 atom stereocenters. The molecule has 0 fully saturated rings. The molecule has 0 bridgehead atoms. The molecular weight excluding hydrogens is 361 g/mol. The standard InChI is InChI=1S/C19H19F3N2O3/c1-24(18(26)11-13-6-5-7-14(10-13)27-2)12-17(25)23-16-9-4-3-8-15(16)19(20,21)22/h3-10H,11-12H2,1-2H3,(H,23,25). The molecule has 0 aromatic heterocycles. The van der Waals surface area contributed by atoms with Crippen LogP contribution in [0.3, 0.4) is 0 Å². The van der Waals surface area contributed by atoms with Gasteiger partial charge in [-0.3, -0.25) is 9.59 Å². The topological polar surface area (TPSA) is 58.6 Å². The number of methoxy groups -OCH3 is 1. The minimum absolute atomic E-state index is 0.0418. The van der Waals surface area contributed by atoms with Crippen LogP contribution in [0.1, 0.15) is 11.1 Å². The van der Waals surface area contributed by atoms with E-state index in [2.05, 4.69) is 5.32 Å². The van der Waals surface area contributed by atoms with Crippen molar-refractivity contribution in [1.82, 2.24) is 4.90 Å². The fourth-order valence-corrected chi connectivity index (χ4v) is 2.42. The number of anilines is 1. The average molecular weight is 380 g/mol. The number of nitrogens with zero attached hydrogens (tertiary/aromatic N) is 1. The number of hydrogen-bond acceptors (Lipinski definition) is 3. The van der Waals surface area contributed by atoms with Gasteiger partial charge in [0, 0.05) is 7.05 Å². The maximum absolute atomic E-state index is 13.0. The third kappa shape index (κ3) is 5.73. The zero-order valence-corrected chi connectivity index (χ0v) is 14.8. The Morgan fingerprint density at radius 2 is 1.81 bits per heavy atom. The maximum Gasteiger partial charge on any atom is 0.418 e. The van der Waals surface area contributed by atoms with E-state index in [9.17, 15) is 22.8 Å². The monoisotopic (exact) mass is 380 g/mol. The van der Waals surface area contributed by atoms with Gasteiger partial charge in [-0.15, -0.1) is 0 Å². The first-order valence-corrected chi connectivity index (χ1v) is 8.03. The highest BCUT2D eigenvalue weighted by Gasteiger charge is 2.33. The fraction of sp³-hybridized carbons (Fsp3) is 0.263. The SMILES string of the molecule is COc1cccc(CC(=O)N(C)CC(=O)Nc2ccccc2C(F)(F)F)c1. The van der Waals surface area contributed by atoms with Gasteiger partial charge in [-0.05, 0) is 29.8 Å². The van der Waals surface area contributed by atoms with Crippen LogP contribution in [0, 0.1) is 0 Å². The van der Waals surface area contributed by atoms with Crippen molar-refractivity contribution in [3.63, 3.8) is 0 Å². The van der Waals surface area contributed by atoms with Crippen LogP contribution < -0.4 is 10.1 Å². The predicted octanol–water partition coefficient (Wildman–Crippen LogP) is 3.35. The van der Waals surface area contributed by atoms with Crippen molar-refractivity contribution in [2.24, 2.45) is 0 Å². The van der Waals surface area contributed by atoms with Crippen molar-refractivity contribution in [3.05, 3.63) is 59.7 Å². The Morgan fingerprint density at radius 3 is 2.48 bits per heavy atom. The molecule has 5 nitrogen and oxygen atoms in total. The van der Waals surface area contributed by atoms with Crippen molar-refractivity contribution in [2.75, 3.05) is 26.0 Å². The van der Waals surface area contributed by atoms with E-state index in [4.69, 9.17) is 4.74 Å². The summed E-state index contributed by atoms with van der Waals surface area (Å²) in [5.74, 6) is -0.458. The van der Waals surface area contributed by atoms with Crippen LogP contribution >= 0.6 is 0 Å².